The zero-order valence-corrected chi connectivity index (χ0v) is 13.8. The molecule has 112 valence electrons. The van der Waals surface area contributed by atoms with Gasteiger partial charge >= 0.3 is 0 Å². The molecule has 0 amide bonds. The van der Waals surface area contributed by atoms with Crippen molar-refractivity contribution in [1.29, 1.82) is 0 Å². The van der Waals surface area contributed by atoms with Crippen LogP contribution >= 0.6 is 12.2 Å². The number of thiocarbonyl (C=S) groups is 1. The van der Waals surface area contributed by atoms with Crippen molar-refractivity contribution in [2.75, 3.05) is 39.3 Å². The average Bonchev–Trinajstić information content (AvgIpc) is 3.12. The van der Waals surface area contributed by atoms with E-state index in [1.165, 1.54) is 38.9 Å². The predicted octanol–water partition coefficient (Wildman–Crippen LogP) is 2.50. The predicted molar refractivity (Wildman–Crippen MR) is 87.6 cm³/mol. The van der Waals surface area contributed by atoms with Gasteiger partial charge < -0.3 is 15.5 Å². The summed E-state index contributed by atoms with van der Waals surface area (Å²) < 4.78 is 0. The van der Waals surface area contributed by atoms with Gasteiger partial charge in [-0.3, -0.25) is 0 Å². The molecule has 3 nitrogen and oxygen atoms in total. The quantitative estimate of drug-likeness (QED) is 0.591. The van der Waals surface area contributed by atoms with Crippen molar-refractivity contribution in [3.63, 3.8) is 0 Å². The third-order valence-corrected chi connectivity index (χ3v) is 4.50. The molecule has 1 aliphatic rings. The van der Waals surface area contributed by atoms with E-state index in [4.69, 9.17) is 18.0 Å². The normalized spacial score (nSPS) is 17.1. The summed E-state index contributed by atoms with van der Waals surface area (Å²) in [5.74, 6) is 0. The van der Waals surface area contributed by atoms with Crippen LogP contribution in [-0.4, -0.2) is 54.1 Å². The summed E-state index contributed by atoms with van der Waals surface area (Å²) in [4.78, 5) is 5.77. The van der Waals surface area contributed by atoms with Crippen LogP contribution in [0.3, 0.4) is 0 Å². The summed E-state index contributed by atoms with van der Waals surface area (Å²) in [5.41, 5.74) is 6.15. The number of hydrogen-bond acceptors (Lipinski definition) is 3. The van der Waals surface area contributed by atoms with E-state index in [9.17, 15) is 0 Å². The molecule has 1 saturated carbocycles. The van der Waals surface area contributed by atoms with E-state index in [1.54, 1.807) is 0 Å². The van der Waals surface area contributed by atoms with Crippen LogP contribution in [-0.2, 0) is 0 Å². The average molecular weight is 286 g/mol. The van der Waals surface area contributed by atoms with Gasteiger partial charge in [-0.25, -0.2) is 0 Å². The van der Waals surface area contributed by atoms with Crippen LogP contribution in [0.2, 0.25) is 0 Å². The molecule has 1 rings (SSSR count). The van der Waals surface area contributed by atoms with E-state index in [0.717, 1.165) is 26.1 Å². The van der Waals surface area contributed by atoms with Crippen LogP contribution in [0.15, 0.2) is 0 Å². The summed E-state index contributed by atoms with van der Waals surface area (Å²) >= 11 is 5.08. The molecule has 1 aliphatic carbocycles. The Labute approximate surface area is 124 Å². The van der Waals surface area contributed by atoms with Gasteiger partial charge in [-0.15, -0.1) is 0 Å². The highest BCUT2D eigenvalue weighted by atomic mass is 32.1. The SMILES string of the molecule is CCN(CC)CCCN(CC)CC1(CC(N)=S)CC1. The minimum Gasteiger partial charge on any atom is -0.393 e. The van der Waals surface area contributed by atoms with Crippen LogP contribution < -0.4 is 5.73 Å². The van der Waals surface area contributed by atoms with Crippen LogP contribution in [0.1, 0.15) is 46.5 Å². The van der Waals surface area contributed by atoms with Gasteiger partial charge in [-0.1, -0.05) is 33.0 Å². The molecule has 19 heavy (non-hydrogen) atoms. The molecule has 0 heterocycles. The van der Waals surface area contributed by atoms with Crippen molar-refractivity contribution in [3.8, 4) is 0 Å². The molecule has 0 bridgehead atoms. The molecule has 1 fully saturated rings. The molecule has 0 radical (unpaired) electrons. The molecular formula is C15H31N3S. The van der Waals surface area contributed by atoms with Gasteiger partial charge in [0.15, 0.2) is 0 Å². The first-order chi connectivity index (χ1) is 9.05. The van der Waals surface area contributed by atoms with Gasteiger partial charge in [-0.05, 0) is 57.4 Å². The van der Waals surface area contributed by atoms with Crippen molar-refractivity contribution in [2.45, 2.75) is 46.5 Å². The third-order valence-electron chi connectivity index (χ3n) is 4.36. The largest absolute Gasteiger partial charge is 0.393 e. The molecule has 0 unspecified atom stereocenters. The Balaban J connectivity index is 2.28. The van der Waals surface area contributed by atoms with Gasteiger partial charge in [0.2, 0.25) is 0 Å². The first-order valence-corrected chi connectivity index (χ1v) is 8.19. The summed E-state index contributed by atoms with van der Waals surface area (Å²) in [7, 11) is 0. The number of hydrogen-bond donors (Lipinski definition) is 1. The van der Waals surface area contributed by atoms with E-state index < -0.39 is 0 Å². The second-order valence-electron chi connectivity index (χ2n) is 5.89. The molecular weight excluding hydrogens is 254 g/mol. The fourth-order valence-corrected chi connectivity index (χ4v) is 3.12. The third kappa shape index (κ3) is 6.19. The number of nitrogens with two attached hydrogens (primary N) is 1. The first kappa shape index (κ1) is 16.9. The lowest BCUT2D eigenvalue weighted by atomic mass is 10.0. The minimum atomic E-state index is 0.428. The standard InChI is InChI=1S/C15H31N3S/c1-4-17(5-2)10-7-11-18(6-3)13-15(8-9-15)12-14(16)19/h4-13H2,1-3H3,(H2,16,19). The minimum absolute atomic E-state index is 0.428. The maximum atomic E-state index is 5.72. The van der Waals surface area contributed by atoms with Crippen molar-refractivity contribution in [2.24, 2.45) is 11.1 Å². The summed E-state index contributed by atoms with van der Waals surface area (Å²) in [5, 5.41) is 0. The molecule has 0 spiro atoms. The topological polar surface area (TPSA) is 32.5 Å². The lowest BCUT2D eigenvalue weighted by molar-refractivity contribution is 0.210. The van der Waals surface area contributed by atoms with Crippen molar-refractivity contribution >= 4 is 17.2 Å². The second kappa shape index (κ2) is 8.18. The van der Waals surface area contributed by atoms with Crippen LogP contribution in [0.5, 0.6) is 0 Å². The van der Waals surface area contributed by atoms with Crippen molar-refractivity contribution < 1.29 is 0 Å². The van der Waals surface area contributed by atoms with Crippen LogP contribution in [0.25, 0.3) is 0 Å². The highest BCUT2D eigenvalue weighted by Gasteiger charge is 2.43. The maximum Gasteiger partial charge on any atom is 0.0733 e. The lowest BCUT2D eigenvalue weighted by Gasteiger charge is -2.27. The Hall–Kier alpha value is -0.190. The Morgan fingerprint density at radius 2 is 1.58 bits per heavy atom. The number of nitrogens with zero attached hydrogens (tertiary/aromatic N) is 2. The highest BCUT2D eigenvalue weighted by molar-refractivity contribution is 7.80. The molecule has 4 heteroatoms. The first-order valence-electron chi connectivity index (χ1n) is 7.78. The summed E-state index contributed by atoms with van der Waals surface area (Å²) in [6, 6.07) is 0. The fraction of sp³-hybridized carbons (Fsp3) is 0.933. The maximum absolute atomic E-state index is 5.72. The molecule has 0 aromatic heterocycles. The van der Waals surface area contributed by atoms with E-state index in [0.29, 0.717) is 10.4 Å². The van der Waals surface area contributed by atoms with E-state index in [-0.39, 0.29) is 0 Å². The van der Waals surface area contributed by atoms with Crippen molar-refractivity contribution in [1.82, 2.24) is 9.80 Å². The molecule has 0 aliphatic heterocycles. The highest BCUT2D eigenvalue weighted by Crippen LogP contribution is 2.49. The van der Waals surface area contributed by atoms with Gasteiger partial charge in [0, 0.05) is 13.0 Å². The molecule has 2 N–H and O–H groups in total. The lowest BCUT2D eigenvalue weighted by Crippen LogP contribution is -2.35. The van der Waals surface area contributed by atoms with Gasteiger partial charge in [0.1, 0.15) is 0 Å². The Bertz CT molecular complexity index is 273. The van der Waals surface area contributed by atoms with Gasteiger partial charge in [0.25, 0.3) is 0 Å². The Morgan fingerprint density at radius 3 is 2.00 bits per heavy atom. The van der Waals surface area contributed by atoms with Crippen molar-refractivity contribution in [3.05, 3.63) is 0 Å². The smallest absolute Gasteiger partial charge is 0.0733 e. The van der Waals surface area contributed by atoms with E-state index in [1.807, 2.05) is 0 Å². The Kier molecular flexibility index (Phi) is 7.26. The van der Waals surface area contributed by atoms with Crippen LogP contribution in [0, 0.1) is 5.41 Å². The fourth-order valence-electron chi connectivity index (χ4n) is 2.82. The van der Waals surface area contributed by atoms with Crippen LogP contribution in [0.4, 0.5) is 0 Å². The molecule has 0 aromatic rings. The zero-order valence-electron chi connectivity index (χ0n) is 13.0. The summed E-state index contributed by atoms with van der Waals surface area (Å²) in [6.45, 7) is 13.8. The van der Waals surface area contributed by atoms with Gasteiger partial charge in [0.05, 0.1) is 4.99 Å². The summed E-state index contributed by atoms with van der Waals surface area (Å²) in [6.07, 6.45) is 4.81. The molecule has 0 saturated heterocycles. The zero-order chi connectivity index (χ0) is 14.3. The molecule has 0 aromatic carbocycles. The van der Waals surface area contributed by atoms with E-state index >= 15 is 0 Å². The number of rotatable bonds is 11. The van der Waals surface area contributed by atoms with E-state index in [2.05, 4.69) is 30.6 Å². The Morgan fingerprint density at radius 1 is 1.05 bits per heavy atom. The monoisotopic (exact) mass is 285 g/mol. The second-order valence-corrected chi connectivity index (χ2v) is 6.42. The molecule has 0 atom stereocenters. The van der Waals surface area contributed by atoms with Gasteiger partial charge in [-0.2, -0.15) is 0 Å².